The Labute approximate surface area is 152 Å². The van der Waals surface area contributed by atoms with Crippen LogP contribution in [0.1, 0.15) is 60.6 Å². The Morgan fingerprint density at radius 3 is 2.46 bits per heavy atom. The standard InChI is InChI=1S/C22H23NO3/c1-2-3-4-5-8-14-22(26)20(24)17-12-9-11-16-15-10-6-7-13-18(15)23(19(16)17)21(22)25/h6-7,9-13,26H,2-5,8,14H2,1H3. The molecule has 1 unspecified atom stereocenters. The van der Waals surface area contributed by atoms with E-state index in [4.69, 9.17) is 0 Å². The van der Waals surface area contributed by atoms with Crippen molar-refractivity contribution < 1.29 is 14.7 Å². The summed E-state index contributed by atoms with van der Waals surface area (Å²) < 4.78 is 1.55. The number of fused-ring (bicyclic) bond motifs is 3. The SMILES string of the molecule is CCCCCCCC1(O)C(=O)c2cccc3c4ccccc4n(c23)C1=O. The van der Waals surface area contributed by atoms with E-state index in [2.05, 4.69) is 6.92 Å². The molecule has 4 nitrogen and oxygen atoms in total. The number of hydrogen-bond acceptors (Lipinski definition) is 3. The van der Waals surface area contributed by atoms with Gasteiger partial charge in [0.05, 0.1) is 11.0 Å². The van der Waals surface area contributed by atoms with E-state index in [9.17, 15) is 14.7 Å². The first-order valence-electron chi connectivity index (χ1n) is 9.43. The maximum absolute atomic E-state index is 13.2. The maximum atomic E-state index is 13.2. The Balaban J connectivity index is 1.81. The van der Waals surface area contributed by atoms with E-state index in [1.54, 1.807) is 10.6 Å². The van der Waals surface area contributed by atoms with Crippen molar-refractivity contribution in [3.05, 3.63) is 48.0 Å². The summed E-state index contributed by atoms with van der Waals surface area (Å²) in [6, 6.07) is 13.1. The molecule has 1 aliphatic rings. The summed E-state index contributed by atoms with van der Waals surface area (Å²) in [6.45, 7) is 2.14. The molecule has 2 aromatic carbocycles. The number of carbonyl (C=O) groups excluding carboxylic acids is 2. The largest absolute Gasteiger partial charge is 0.373 e. The molecular formula is C22H23NO3. The molecule has 134 valence electrons. The van der Waals surface area contributed by atoms with Gasteiger partial charge in [-0.25, -0.2) is 0 Å². The van der Waals surface area contributed by atoms with E-state index in [1.807, 2.05) is 36.4 Å². The third-order valence-electron chi connectivity index (χ3n) is 5.51. The quantitative estimate of drug-likeness (QED) is 0.517. The monoisotopic (exact) mass is 349 g/mol. The van der Waals surface area contributed by atoms with Crippen LogP contribution in [0, 0.1) is 0 Å². The van der Waals surface area contributed by atoms with Gasteiger partial charge in [-0.15, -0.1) is 0 Å². The van der Waals surface area contributed by atoms with Crippen LogP contribution in [0.2, 0.25) is 0 Å². The van der Waals surface area contributed by atoms with E-state index in [0.717, 1.165) is 42.0 Å². The number of rotatable bonds is 6. The number of para-hydroxylation sites is 2. The highest BCUT2D eigenvalue weighted by molar-refractivity contribution is 6.31. The van der Waals surface area contributed by atoms with Crippen LogP contribution in [-0.4, -0.2) is 27.0 Å². The van der Waals surface area contributed by atoms with Crippen molar-refractivity contribution in [2.75, 3.05) is 0 Å². The van der Waals surface area contributed by atoms with E-state index < -0.39 is 17.3 Å². The molecule has 0 spiro atoms. The van der Waals surface area contributed by atoms with Gasteiger partial charge in [0.1, 0.15) is 0 Å². The van der Waals surface area contributed by atoms with Crippen LogP contribution in [0.25, 0.3) is 21.8 Å². The minimum absolute atomic E-state index is 0.177. The molecule has 0 saturated heterocycles. The lowest BCUT2D eigenvalue weighted by Crippen LogP contribution is -2.51. The molecule has 0 fully saturated rings. The Bertz CT molecular complexity index is 1020. The normalized spacial score (nSPS) is 19.6. The number of benzene rings is 2. The van der Waals surface area contributed by atoms with Gasteiger partial charge >= 0.3 is 0 Å². The van der Waals surface area contributed by atoms with Crippen molar-refractivity contribution in [3.63, 3.8) is 0 Å². The molecule has 3 aromatic rings. The van der Waals surface area contributed by atoms with Crippen LogP contribution in [0.15, 0.2) is 42.5 Å². The second kappa shape index (κ2) is 6.36. The first-order valence-corrected chi connectivity index (χ1v) is 9.43. The fraction of sp³-hybridized carbons (Fsp3) is 0.364. The topological polar surface area (TPSA) is 59.3 Å². The highest BCUT2D eigenvalue weighted by Crippen LogP contribution is 2.38. The molecule has 4 rings (SSSR count). The van der Waals surface area contributed by atoms with E-state index in [0.29, 0.717) is 17.5 Å². The Morgan fingerprint density at radius 1 is 0.923 bits per heavy atom. The summed E-state index contributed by atoms with van der Waals surface area (Å²) >= 11 is 0. The number of unbranched alkanes of at least 4 members (excludes halogenated alkanes) is 4. The minimum Gasteiger partial charge on any atom is -0.373 e. The molecule has 0 saturated carbocycles. The fourth-order valence-corrected chi connectivity index (χ4v) is 4.12. The van der Waals surface area contributed by atoms with Gasteiger partial charge in [-0.1, -0.05) is 62.9 Å². The Hall–Kier alpha value is -2.46. The molecule has 1 aromatic heterocycles. The van der Waals surface area contributed by atoms with Crippen molar-refractivity contribution in [2.45, 2.75) is 51.0 Å². The number of nitrogens with zero attached hydrogens (tertiary/aromatic N) is 1. The molecular weight excluding hydrogens is 326 g/mol. The molecule has 0 aliphatic carbocycles. The number of hydrogen-bond donors (Lipinski definition) is 1. The van der Waals surface area contributed by atoms with Gasteiger partial charge in [-0.05, 0) is 25.0 Å². The average molecular weight is 349 g/mol. The lowest BCUT2D eigenvalue weighted by Gasteiger charge is -2.30. The third-order valence-corrected chi connectivity index (χ3v) is 5.51. The fourth-order valence-electron chi connectivity index (χ4n) is 4.12. The molecule has 2 heterocycles. The van der Waals surface area contributed by atoms with E-state index in [1.165, 1.54) is 0 Å². The average Bonchev–Trinajstić information content (AvgIpc) is 3.00. The van der Waals surface area contributed by atoms with Crippen LogP contribution in [0.3, 0.4) is 0 Å². The van der Waals surface area contributed by atoms with Crippen molar-refractivity contribution >= 4 is 33.5 Å². The molecule has 1 N–H and O–H groups in total. The van der Waals surface area contributed by atoms with E-state index >= 15 is 0 Å². The van der Waals surface area contributed by atoms with Crippen molar-refractivity contribution in [1.82, 2.24) is 4.57 Å². The van der Waals surface area contributed by atoms with Gasteiger partial charge < -0.3 is 5.11 Å². The highest BCUT2D eigenvalue weighted by atomic mass is 16.3. The number of Topliss-reactive ketones (excluding diaryl/α,β-unsaturated/α-hetero) is 1. The Morgan fingerprint density at radius 2 is 1.65 bits per heavy atom. The van der Waals surface area contributed by atoms with Crippen molar-refractivity contribution in [1.29, 1.82) is 0 Å². The van der Waals surface area contributed by atoms with Crippen molar-refractivity contribution in [3.8, 4) is 0 Å². The zero-order valence-corrected chi connectivity index (χ0v) is 15.0. The smallest absolute Gasteiger partial charge is 0.271 e. The predicted molar refractivity (Wildman–Crippen MR) is 103 cm³/mol. The number of ketones is 1. The summed E-state index contributed by atoms with van der Waals surface area (Å²) in [5.74, 6) is -0.971. The zero-order chi connectivity index (χ0) is 18.3. The molecule has 0 radical (unpaired) electrons. The van der Waals surface area contributed by atoms with E-state index in [-0.39, 0.29) is 6.42 Å². The molecule has 1 atom stereocenters. The number of aliphatic hydroxyl groups is 1. The lowest BCUT2D eigenvalue weighted by molar-refractivity contribution is 0.0185. The second-order valence-corrected chi connectivity index (χ2v) is 7.21. The summed E-state index contributed by atoms with van der Waals surface area (Å²) in [6.07, 6.45) is 5.08. The highest BCUT2D eigenvalue weighted by Gasteiger charge is 2.49. The third kappa shape index (κ3) is 2.32. The first-order chi connectivity index (χ1) is 12.6. The van der Waals surface area contributed by atoms with Gasteiger partial charge in [0.15, 0.2) is 0 Å². The van der Waals surface area contributed by atoms with Crippen LogP contribution < -0.4 is 0 Å². The van der Waals surface area contributed by atoms with Gasteiger partial charge in [-0.3, -0.25) is 14.2 Å². The molecule has 4 heteroatoms. The van der Waals surface area contributed by atoms with Gasteiger partial charge in [0.2, 0.25) is 11.4 Å². The summed E-state index contributed by atoms with van der Waals surface area (Å²) in [5, 5.41) is 12.9. The summed E-state index contributed by atoms with van der Waals surface area (Å²) in [7, 11) is 0. The number of carbonyl (C=O) groups is 2. The lowest BCUT2D eigenvalue weighted by atomic mass is 9.83. The minimum atomic E-state index is -1.96. The molecule has 0 bridgehead atoms. The van der Waals surface area contributed by atoms with Gasteiger partial charge in [-0.2, -0.15) is 0 Å². The molecule has 0 amide bonds. The molecule has 1 aliphatic heterocycles. The molecule has 26 heavy (non-hydrogen) atoms. The van der Waals surface area contributed by atoms with Gasteiger partial charge in [0.25, 0.3) is 5.91 Å². The first kappa shape index (κ1) is 17.0. The van der Waals surface area contributed by atoms with Crippen LogP contribution in [-0.2, 0) is 0 Å². The summed E-state index contributed by atoms with van der Waals surface area (Å²) in [5.41, 5.74) is -0.152. The number of aromatic nitrogens is 1. The summed E-state index contributed by atoms with van der Waals surface area (Å²) in [4.78, 5) is 26.3. The van der Waals surface area contributed by atoms with Crippen LogP contribution in [0.5, 0.6) is 0 Å². The van der Waals surface area contributed by atoms with Crippen molar-refractivity contribution in [2.24, 2.45) is 0 Å². The van der Waals surface area contributed by atoms with Gasteiger partial charge in [0, 0.05) is 16.3 Å². The predicted octanol–water partition coefficient (Wildman–Crippen LogP) is 4.72. The second-order valence-electron chi connectivity index (χ2n) is 7.21. The maximum Gasteiger partial charge on any atom is 0.271 e. The van der Waals surface area contributed by atoms with Crippen LogP contribution >= 0.6 is 0 Å². The Kier molecular flexibility index (Phi) is 4.16. The zero-order valence-electron chi connectivity index (χ0n) is 15.0. The van der Waals surface area contributed by atoms with Crippen LogP contribution in [0.4, 0.5) is 0 Å².